The van der Waals surface area contributed by atoms with Crippen LogP contribution in [0.4, 0.5) is 0 Å². The van der Waals surface area contributed by atoms with Crippen LogP contribution < -0.4 is 0 Å². The van der Waals surface area contributed by atoms with E-state index in [0.717, 1.165) is 24.9 Å². The second kappa shape index (κ2) is 3.39. The first-order valence-electron chi connectivity index (χ1n) is 3.54. The lowest BCUT2D eigenvalue weighted by atomic mass is 10.0. The molecular formula is C7H12O2S. The second-order valence-corrected chi connectivity index (χ2v) is 4.12. The molecule has 1 aliphatic rings. The van der Waals surface area contributed by atoms with Crippen LogP contribution in [0.25, 0.3) is 0 Å². The SMILES string of the molecule is O=CC1(CCO)CCCS1. The summed E-state index contributed by atoms with van der Waals surface area (Å²) in [6, 6.07) is 0. The first kappa shape index (κ1) is 8.08. The van der Waals surface area contributed by atoms with Crippen molar-refractivity contribution in [2.45, 2.75) is 24.0 Å². The molecule has 0 aromatic rings. The van der Waals surface area contributed by atoms with Crippen molar-refractivity contribution in [1.29, 1.82) is 0 Å². The van der Waals surface area contributed by atoms with Gasteiger partial charge < -0.3 is 9.90 Å². The van der Waals surface area contributed by atoms with Crippen molar-refractivity contribution in [3.05, 3.63) is 0 Å². The summed E-state index contributed by atoms with van der Waals surface area (Å²) < 4.78 is -0.227. The molecule has 1 heterocycles. The van der Waals surface area contributed by atoms with Gasteiger partial charge in [-0.1, -0.05) is 0 Å². The lowest BCUT2D eigenvalue weighted by Gasteiger charge is -2.18. The molecular weight excluding hydrogens is 148 g/mol. The summed E-state index contributed by atoms with van der Waals surface area (Å²) in [6.45, 7) is 0.131. The van der Waals surface area contributed by atoms with Gasteiger partial charge in [-0.05, 0) is 25.0 Å². The molecule has 1 N–H and O–H groups in total. The highest BCUT2D eigenvalue weighted by atomic mass is 32.2. The van der Waals surface area contributed by atoms with Crippen LogP contribution in [-0.4, -0.2) is 28.5 Å². The van der Waals surface area contributed by atoms with Gasteiger partial charge in [0.25, 0.3) is 0 Å². The lowest BCUT2D eigenvalue weighted by molar-refractivity contribution is -0.110. The predicted molar refractivity (Wildman–Crippen MR) is 42.2 cm³/mol. The predicted octanol–water partition coefficient (Wildman–Crippen LogP) is 0.833. The molecule has 0 saturated carbocycles. The summed E-state index contributed by atoms with van der Waals surface area (Å²) in [5, 5.41) is 8.65. The van der Waals surface area contributed by atoms with E-state index in [1.54, 1.807) is 11.8 Å². The van der Waals surface area contributed by atoms with E-state index in [2.05, 4.69) is 0 Å². The van der Waals surface area contributed by atoms with E-state index in [1.807, 2.05) is 0 Å². The molecule has 0 radical (unpaired) electrons. The molecule has 0 aromatic heterocycles. The number of rotatable bonds is 3. The van der Waals surface area contributed by atoms with E-state index in [4.69, 9.17) is 5.11 Å². The van der Waals surface area contributed by atoms with Crippen LogP contribution in [0.3, 0.4) is 0 Å². The van der Waals surface area contributed by atoms with E-state index < -0.39 is 0 Å². The Morgan fingerprint density at radius 3 is 2.90 bits per heavy atom. The molecule has 1 aliphatic heterocycles. The summed E-state index contributed by atoms with van der Waals surface area (Å²) in [5.41, 5.74) is 0. The zero-order chi connectivity index (χ0) is 7.45. The molecule has 1 rings (SSSR count). The van der Waals surface area contributed by atoms with Crippen molar-refractivity contribution < 1.29 is 9.90 Å². The number of carbonyl (C=O) groups excluding carboxylic acids is 1. The van der Waals surface area contributed by atoms with E-state index in [9.17, 15) is 4.79 Å². The number of aliphatic hydroxyl groups excluding tert-OH is 1. The van der Waals surface area contributed by atoms with E-state index in [-0.39, 0.29) is 11.4 Å². The fraction of sp³-hybridized carbons (Fsp3) is 0.857. The highest BCUT2D eigenvalue weighted by Crippen LogP contribution is 2.38. The van der Waals surface area contributed by atoms with Gasteiger partial charge in [-0.25, -0.2) is 0 Å². The molecule has 58 valence electrons. The Labute approximate surface area is 65.0 Å². The average Bonchev–Trinajstić information content (AvgIpc) is 2.39. The van der Waals surface area contributed by atoms with Crippen molar-refractivity contribution in [2.24, 2.45) is 0 Å². The smallest absolute Gasteiger partial charge is 0.136 e. The van der Waals surface area contributed by atoms with Gasteiger partial charge in [-0.15, -0.1) is 11.8 Å². The molecule has 0 amide bonds. The van der Waals surface area contributed by atoms with Gasteiger partial charge in [-0.3, -0.25) is 0 Å². The van der Waals surface area contributed by atoms with Gasteiger partial charge in [0.05, 0.1) is 4.75 Å². The fourth-order valence-corrected chi connectivity index (χ4v) is 2.54. The molecule has 0 spiro atoms. The van der Waals surface area contributed by atoms with Gasteiger partial charge in [0.2, 0.25) is 0 Å². The number of hydrogen-bond donors (Lipinski definition) is 1. The van der Waals surface area contributed by atoms with Gasteiger partial charge in [-0.2, -0.15) is 0 Å². The zero-order valence-electron chi connectivity index (χ0n) is 5.88. The van der Waals surface area contributed by atoms with Crippen molar-refractivity contribution in [1.82, 2.24) is 0 Å². The topological polar surface area (TPSA) is 37.3 Å². The number of thioether (sulfide) groups is 1. The van der Waals surface area contributed by atoms with Gasteiger partial charge in [0.1, 0.15) is 6.29 Å². The molecule has 1 atom stereocenters. The number of carbonyl (C=O) groups is 1. The molecule has 0 aromatic carbocycles. The Kier molecular flexibility index (Phi) is 2.74. The van der Waals surface area contributed by atoms with E-state index >= 15 is 0 Å². The minimum atomic E-state index is -0.227. The summed E-state index contributed by atoms with van der Waals surface area (Å²) in [7, 11) is 0. The third-order valence-corrected chi connectivity index (χ3v) is 3.46. The van der Waals surface area contributed by atoms with Crippen LogP contribution in [0, 0.1) is 0 Å². The van der Waals surface area contributed by atoms with Crippen molar-refractivity contribution >= 4 is 18.0 Å². The normalized spacial score (nSPS) is 32.5. The summed E-state index contributed by atoms with van der Waals surface area (Å²) in [4.78, 5) is 10.6. The summed E-state index contributed by atoms with van der Waals surface area (Å²) in [5.74, 6) is 1.07. The van der Waals surface area contributed by atoms with Crippen LogP contribution in [0.1, 0.15) is 19.3 Å². The monoisotopic (exact) mass is 160 g/mol. The van der Waals surface area contributed by atoms with Crippen molar-refractivity contribution in [2.75, 3.05) is 12.4 Å². The first-order chi connectivity index (χ1) is 4.83. The van der Waals surface area contributed by atoms with Gasteiger partial charge in [0.15, 0.2) is 0 Å². The van der Waals surface area contributed by atoms with Crippen LogP contribution >= 0.6 is 11.8 Å². The third kappa shape index (κ3) is 1.52. The standard InChI is InChI=1S/C7H12O2S/c8-4-3-7(6-9)2-1-5-10-7/h6,8H,1-5H2. The Morgan fingerprint density at radius 2 is 2.50 bits per heavy atom. The zero-order valence-corrected chi connectivity index (χ0v) is 6.69. The summed E-state index contributed by atoms with van der Waals surface area (Å²) in [6.07, 6.45) is 3.69. The molecule has 1 unspecified atom stereocenters. The molecule has 10 heavy (non-hydrogen) atoms. The van der Waals surface area contributed by atoms with Crippen LogP contribution in [-0.2, 0) is 4.79 Å². The van der Waals surface area contributed by atoms with Crippen molar-refractivity contribution in [3.8, 4) is 0 Å². The maximum atomic E-state index is 10.6. The van der Waals surface area contributed by atoms with E-state index in [1.165, 1.54) is 0 Å². The second-order valence-electron chi connectivity index (χ2n) is 2.61. The van der Waals surface area contributed by atoms with Crippen LogP contribution in [0.5, 0.6) is 0 Å². The Balaban J connectivity index is 2.49. The maximum absolute atomic E-state index is 10.6. The Hall–Kier alpha value is -0.0200. The first-order valence-corrected chi connectivity index (χ1v) is 4.53. The maximum Gasteiger partial charge on any atom is 0.136 e. The van der Waals surface area contributed by atoms with Crippen molar-refractivity contribution in [3.63, 3.8) is 0 Å². The van der Waals surface area contributed by atoms with Gasteiger partial charge in [0, 0.05) is 6.61 Å². The molecule has 0 bridgehead atoms. The molecule has 2 nitrogen and oxygen atoms in total. The molecule has 0 aliphatic carbocycles. The molecule has 3 heteroatoms. The van der Waals surface area contributed by atoms with E-state index in [0.29, 0.717) is 6.42 Å². The minimum Gasteiger partial charge on any atom is -0.396 e. The van der Waals surface area contributed by atoms with Gasteiger partial charge >= 0.3 is 0 Å². The van der Waals surface area contributed by atoms with Crippen LogP contribution in [0.2, 0.25) is 0 Å². The highest BCUT2D eigenvalue weighted by Gasteiger charge is 2.33. The quantitative estimate of drug-likeness (QED) is 0.621. The minimum absolute atomic E-state index is 0.131. The number of aldehydes is 1. The third-order valence-electron chi connectivity index (χ3n) is 1.88. The Morgan fingerprint density at radius 1 is 1.70 bits per heavy atom. The van der Waals surface area contributed by atoms with Crippen LogP contribution in [0.15, 0.2) is 0 Å². The highest BCUT2D eigenvalue weighted by molar-refractivity contribution is 8.01. The lowest BCUT2D eigenvalue weighted by Crippen LogP contribution is -2.24. The number of aliphatic hydroxyl groups is 1. The largest absolute Gasteiger partial charge is 0.396 e. The Bertz CT molecular complexity index is 119. The average molecular weight is 160 g/mol. The molecule has 1 saturated heterocycles. The fourth-order valence-electron chi connectivity index (χ4n) is 1.26. The molecule has 1 fully saturated rings. The summed E-state index contributed by atoms with van der Waals surface area (Å²) >= 11 is 1.69. The number of hydrogen-bond acceptors (Lipinski definition) is 3.